The molecule has 0 spiro atoms. The Labute approximate surface area is 134 Å². The van der Waals surface area contributed by atoms with E-state index in [0.717, 1.165) is 18.7 Å². The van der Waals surface area contributed by atoms with Crippen molar-refractivity contribution in [3.63, 3.8) is 0 Å². The molecule has 2 nitrogen and oxygen atoms in total. The number of hydrogen-bond donors (Lipinski definition) is 1. The highest BCUT2D eigenvalue weighted by atomic mass is 35.5. The second kappa shape index (κ2) is 6.10. The van der Waals surface area contributed by atoms with E-state index in [1.165, 1.54) is 16.6 Å². The Bertz CT molecular complexity index is 778. The SMILES string of the molecule is CNCc1cc2ccccc2n1Cc1ccc(Cl)c(Cl)c1. The molecular weight excluding hydrogens is 303 g/mol. The number of halogens is 2. The topological polar surface area (TPSA) is 17.0 Å². The van der Waals surface area contributed by atoms with Gasteiger partial charge in [0.25, 0.3) is 0 Å². The molecule has 0 saturated heterocycles. The Morgan fingerprint density at radius 2 is 1.81 bits per heavy atom. The molecule has 0 bridgehead atoms. The zero-order chi connectivity index (χ0) is 14.8. The van der Waals surface area contributed by atoms with Crippen molar-refractivity contribution < 1.29 is 0 Å². The standard InChI is InChI=1S/C17H16Cl2N2/c1-20-10-14-9-13-4-2-3-5-17(13)21(14)11-12-6-7-15(18)16(19)8-12/h2-9,20H,10-11H2,1H3. The molecule has 3 aromatic rings. The van der Waals surface area contributed by atoms with Crippen molar-refractivity contribution in [3.05, 3.63) is 69.8 Å². The summed E-state index contributed by atoms with van der Waals surface area (Å²) in [5.74, 6) is 0. The summed E-state index contributed by atoms with van der Waals surface area (Å²) in [6.07, 6.45) is 0. The van der Waals surface area contributed by atoms with Gasteiger partial charge in [0.2, 0.25) is 0 Å². The molecule has 3 rings (SSSR count). The molecule has 0 aliphatic heterocycles. The van der Waals surface area contributed by atoms with Crippen LogP contribution < -0.4 is 5.32 Å². The van der Waals surface area contributed by atoms with Crippen LogP contribution in [0.3, 0.4) is 0 Å². The molecule has 0 aliphatic carbocycles. The third-order valence-corrected chi connectivity index (χ3v) is 4.32. The minimum absolute atomic E-state index is 0.591. The molecule has 4 heteroatoms. The fourth-order valence-electron chi connectivity index (χ4n) is 2.60. The predicted octanol–water partition coefficient (Wildman–Crippen LogP) is 4.72. The molecule has 0 saturated carbocycles. The van der Waals surface area contributed by atoms with Crippen molar-refractivity contribution in [1.29, 1.82) is 0 Å². The molecule has 1 heterocycles. The quantitative estimate of drug-likeness (QED) is 0.736. The van der Waals surface area contributed by atoms with Gasteiger partial charge >= 0.3 is 0 Å². The lowest BCUT2D eigenvalue weighted by molar-refractivity contribution is 0.709. The van der Waals surface area contributed by atoms with Crippen molar-refractivity contribution >= 4 is 34.1 Å². The van der Waals surface area contributed by atoms with Crippen LogP contribution in [0.4, 0.5) is 0 Å². The van der Waals surface area contributed by atoms with E-state index in [4.69, 9.17) is 23.2 Å². The summed E-state index contributed by atoms with van der Waals surface area (Å²) >= 11 is 12.1. The predicted molar refractivity (Wildman–Crippen MR) is 90.3 cm³/mol. The number of benzene rings is 2. The van der Waals surface area contributed by atoms with Gasteiger partial charge in [-0.05, 0) is 42.3 Å². The van der Waals surface area contributed by atoms with Crippen LogP contribution in [-0.4, -0.2) is 11.6 Å². The second-order valence-electron chi connectivity index (χ2n) is 5.06. The average molecular weight is 319 g/mol. The van der Waals surface area contributed by atoms with Gasteiger partial charge < -0.3 is 9.88 Å². The van der Waals surface area contributed by atoms with Gasteiger partial charge in [0, 0.05) is 24.3 Å². The summed E-state index contributed by atoms with van der Waals surface area (Å²) in [7, 11) is 1.96. The van der Waals surface area contributed by atoms with E-state index >= 15 is 0 Å². The molecule has 0 radical (unpaired) electrons. The van der Waals surface area contributed by atoms with Crippen LogP contribution in [0.5, 0.6) is 0 Å². The third-order valence-electron chi connectivity index (χ3n) is 3.58. The van der Waals surface area contributed by atoms with Crippen LogP contribution in [0.25, 0.3) is 10.9 Å². The van der Waals surface area contributed by atoms with Crippen LogP contribution in [0, 0.1) is 0 Å². The van der Waals surface area contributed by atoms with Crippen molar-refractivity contribution in [3.8, 4) is 0 Å². The van der Waals surface area contributed by atoms with Gasteiger partial charge in [-0.25, -0.2) is 0 Å². The zero-order valence-corrected chi connectivity index (χ0v) is 13.2. The number of aromatic nitrogens is 1. The molecular formula is C17H16Cl2N2. The Kier molecular flexibility index (Phi) is 4.20. The van der Waals surface area contributed by atoms with Crippen molar-refractivity contribution in [2.75, 3.05) is 7.05 Å². The molecule has 1 N–H and O–H groups in total. The molecule has 0 atom stereocenters. The van der Waals surface area contributed by atoms with Crippen LogP contribution in [-0.2, 0) is 13.1 Å². The maximum absolute atomic E-state index is 6.12. The fourth-order valence-corrected chi connectivity index (χ4v) is 2.92. The largest absolute Gasteiger partial charge is 0.339 e. The first-order valence-corrected chi connectivity index (χ1v) is 7.60. The summed E-state index contributed by atoms with van der Waals surface area (Å²) in [6.45, 7) is 1.61. The number of para-hydroxylation sites is 1. The third kappa shape index (κ3) is 2.93. The number of hydrogen-bond acceptors (Lipinski definition) is 1. The molecule has 0 amide bonds. The van der Waals surface area contributed by atoms with E-state index in [1.807, 2.05) is 25.2 Å². The smallest absolute Gasteiger partial charge is 0.0595 e. The maximum atomic E-state index is 6.12. The zero-order valence-electron chi connectivity index (χ0n) is 11.7. The molecule has 0 fully saturated rings. The van der Waals surface area contributed by atoms with Crippen molar-refractivity contribution in [1.82, 2.24) is 9.88 Å². The monoisotopic (exact) mass is 318 g/mol. The van der Waals surface area contributed by atoms with Gasteiger partial charge in [-0.1, -0.05) is 47.5 Å². The van der Waals surface area contributed by atoms with Gasteiger partial charge in [-0.3, -0.25) is 0 Å². The molecule has 2 aromatic carbocycles. The first-order chi connectivity index (χ1) is 10.2. The lowest BCUT2D eigenvalue weighted by Gasteiger charge is -2.11. The highest BCUT2D eigenvalue weighted by Crippen LogP contribution is 2.25. The average Bonchev–Trinajstić information content (AvgIpc) is 2.81. The Morgan fingerprint density at radius 3 is 2.57 bits per heavy atom. The van der Waals surface area contributed by atoms with E-state index in [-0.39, 0.29) is 0 Å². The molecule has 21 heavy (non-hydrogen) atoms. The van der Waals surface area contributed by atoms with Gasteiger partial charge in [-0.2, -0.15) is 0 Å². The van der Waals surface area contributed by atoms with Gasteiger partial charge in [-0.15, -0.1) is 0 Å². The van der Waals surface area contributed by atoms with Crippen molar-refractivity contribution in [2.45, 2.75) is 13.1 Å². The lowest BCUT2D eigenvalue weighted by Crippen LogP contribution is -2.11. The summed E-state index contributed by atoms with van der Waals surface area (Å²) < 4.78 is 2.31. The maximum Gasteiger partial charge on any atom is 0.0595 e. The van der Waals surface area contributed by atoms with E-state index in [0.29, 0.717) is 10.0 Å². The normalized spacial score (nSPS) is 11.2. The first kappa shape index (κ1) is 14.5. The summed E-state index contributed by atoms with van der Waals surface area (Å²) in [5.41, 5.74) is 3.63. The van der Waals surface area contributed by atoms with Gasteiger partial charge in [0.05, 0.1) is 10.0 Å². The number of fused-ring (bicyclic) bond motifs is 1. The number of nitrogens with zero attached hydrogens (tertiary/aromatic N) is 1. The van der Waals surface area contributed by atoms with Crippen LogP contribution in [0.15, 0.2) is 48.5 Å². The number of nitrogens with one attached hydrogen (secondary N) is 1. The highest BCUT2D eigenvalue weighted by molar-refractivity contribution is 6.42. The summed E-state index contributed by atoms with van der Waals surface area (Å²) in [4.78, 5) is 0. The summed E-state index contributed by atoms with van der Waals surface area (Å²) in [6, 6.07) is 16.4. The van der Waals surface area contributed by atoms with Gasteiger partial charge in [0.1, 0.15) is 0 Å². The minimum Gasteiger partial charge on any atom is -0.339 e. The van der Waals surface area contributed by atoms with Crippen LogP contribution in [0.1, 0.15) is 11.3 Å². The van der Waals surface area contributed by atoms with Gasteiger partial charge in [0.15, 0.2) is 0 Å². The van der Waals surface area contributed by atoms with Crippen LogP contribution in [0.2, 0.25) is 10.0 Å². The Hall–Kier alpha value is -1.48. The minimum atomic E-state index is 0.591. The molecule has 108 valence electrons. The first-order valence-electron chi connectivity index (χ1n) is 6.84. The van der Waals surface area contributed by atoms with E-state index in [2.05, 4.69) is 40.2 Å². The van der Waals surface area contributed by atoms with Crippen LogP contribution >= 0.6 is 23.2 Å². The highest BCUT2D eigenvalue weighted by Gasteiger charge is 2.09. The molecule has 0 aliphatic rings. The summed E-state index contributed by atoms with van der Waals surface area (Å²) in [5, 5.41) is 5.67. The van der Waals surface area contributed by atoms with E-state index in [9.17, 15) is 0 Å². The Balaban J connectivity index is 2.05. The number of rotatable bonds is 4. The fraction of sp³-hybridized carbons (Fsp3) is 0.176. The van der Waals surface area contributed by atoms with E-state index in [1.54, 1.807) is 0 Å². The Morgan fingerprint density at radius 1 is 1.00 bits per heavy atom. The van der Waals surface area contributed by atoms with Crippen molar-refractivity contribution in [2.24, 2.45) is 0 Å². The van der Waals surface area contributed by atoms with E-state index < -0.39 is 0 Å². The lowest BCUT2D eigenvalue weighted by atomic mass is 10.2. The molecule has 1 aromatic heterocycles. The molecule has 0 unspecified atom stereocenters. The second-order valence-corrected chi connectivity index (χ2v) is 5.87.